The number of rotatable bonds is 7. The highest BCUT2D eigenvalue weighted by Crippen LogP contribution is 2.20. The lowest BCUT2D eigenvalue weighted by Gasteiger charge is -2.27. The zero-order valence-electron chi connectivity index (χ0n) is 15.9. The molecule has 0 bridgehead atoms. The molecule has 6 nitrogen and oxygen atoms in total. The van der Waals surface area contributed by atoms with Gasteiger partial charge in [-0.2, -0.15) is 4.31 Å². The Morgan fingerprint density at radius 3 is 2.04 bits per heavy atom. The molecule has 2 rings (SSSR count). The minimum Gasteiger partial charge on any atom is -0.338 e. The smallest absolute Gasteiger partial charge is 0.243 e. The quantitative estimate of drug-likeness (QED) is 0.684. The molecular weight excluding hydrogens is 364 g/mol. The highest BCUT2D eigenvalue weighted by molar-refractivity contribution is 7.89. The molecule has 0 fully saturated rings. The van der Waals surface area contributed by atoms with Gasteiger partial charge in [-0.1, -0.05) is 42.5 Å². The molecule has 144 valence electrons. The van der Waals surface area contributed by atoms with E-state index >= 15 is 0 Å². The van der Waals surface area contributed by atoms with Crippen LogP contribution in [0.25, 0.3) is 0 Å². The van der Waals surface area contributed by atoms with E-state index < -0.39 is 10.0 Å². The van der Waals surface area contributed by atoms with Gasteiger partial charge in [-0.05, 0) is 31.5 Å². The largest absolute Gasteiger partial charge is 0.338 e. The first-order valence-corrected chi connectivity index (χ1v) is 9.96. The highest BCUT2D eigenvalue weighted by atomic mass is 32.2. The van der Waals surface area contributed by atoms with Crippen molar-refractivity contribution in [1.29, 1.82) is 0 Å². The highest BCUT2D eigenvalue weighted by Gasteiger charge is 2.26. The maximum atomic E-state index is 12.7. The first-order valence-electron chi connectivity index (χ1n) is 8.52. The van der Waals surface area contributed by atoms with Gasteiger partial charge < -0.3 is 4.90 Å². The van der Waals surface area contributed by atoms with Crippen LogP contribution in [-0.4, -0.2) is 50.0 Å². The number of ketones is 1. The lowest BCUT2D eigenvalue weighted by Crippen LogP contribution is -2.40. The number of hydrogen-bond acceptors (Lipinski definition) is 4. The van der Waals surface area contributed by atoms with Crippen LogP contribution < -0.4 is 0 Å². The molecule has 0 radical (unpaired) electrons. The van der Waals surface area contributed by atoms with E-state index in [1.807, 2.05) is 37.3 Å². The summed E-state index contributed by atoms with van der Waals surface area (Å²) >= 11 is 0. The second-order valence-corrected chi connectivity index (χ2v) is 8.48. The predicted octanol–water partition coefficient (Wildman–Crippen LogP) is 2.73. The van der Waals surface area contributed by atoms with Crippen LogP contribution >= 0.6 is 0 Å². The van der Waals surface area contributed by atoms with Gasteiger partial charge in [-0.25, -0.2) is 8.42 Å². The van der Waals surface area contributed by atoms with E-state index in [9.17, 15) is 18.0 Å². The van der Waals surface area contributed by atoms with Gasteiger partial charge in [0, 0.05) is 19.7 Å². The fraction of sp³-hybridized carbons (Fsp3) is 0.300. The van der Waals surface area contributed by atoms with E-state index in [4.69, 9.17) is 0 Å². The van der Waals surface area contributed by atoms with Crippen molar-refractivity contribution in [3.8, 4) is 0 Å². The Bertz CT molecular complexity index is 909. The number of carbonyl (C=O) groups is 2. The van der Waals surface area contributed by atoms with Gasteiger partial charge >= 0.3 is 0 Å². The monoisotopic (exact) mass is 388 g/mol. The van der Waals surface area contributed by atoms with Crippen LogP contribution in [0.15, 0.2) is 59.5 Å². The van der Waals surface area contributed by atoms with Gasteiger partial charge in [-0.15, -0.1) is 0 Å². The summed E-state index contributed by atoms with van der Waals surface area (Å²) in [7, 11) is -0.803. The van der Waals surface area contributed by atoms with Crippen LogP contribution in [-0.2, 0) is 14.8 Å². The van der Waals surface area contributed by atoms with Gasteiger partial charge in [0.25, 0.3) is 0 Å². The molecule has 1 atom stereocenters. The van der Waals surface area contributed by atoms with Gasteiger partial charge in [0.05, 0.1) is 17.5 Å². The Morgan fingerprint density at radius 1 is 0.963 bits per heavy atom. The van der Waals surface area contributed by atoms with E-state index in [1.54, 1.807) is 7.05 Å². The number of sulfonamides is 1. The van der Waals surface area contributed by atoms with Crippen molar-refractivity contribution >= 4 is 21.7 Å². The van der Waals surface area contributed by atoms with E-state index in [1.165, 1.54) is 43.1 Å². The average molecular weight is 388 g/mol. The summed E-state index contributed by atoms with van der Waals surface area (Å²) in [5, 5.41) is 0. The van der Waals surface area contributed by atoms with Crippen molar-refractivity contribution in [2.75, 3.05) is 20.6 Å². The number of likely N-dealkylation sites (N-methyl/N-ethyl adjacent to an activating group) is 2. The first-order chi connectivity index (χ1) is 12.6. The number of Topliss-reactive ketones (excluding diaryl/α,β-unsaturated/α-hetero) is 1. The second kappa shape index (κ2) is 8.45. The van der Waals surface area contributed by atoms with Crippen LogP contribution in [0.5, 0.6) is 0 Å². The molecule has 2 aromatic rings. The number of nitrogens with zero attached hydrogens (tertiary/aromatic N) is 2. The molecule has 0 heterocycles. The van der Waals surface area contributed by atoms with Crippen molar-refractivity contribution in [3.63, 3.8) is 0 Å². The zero-order chi connectivity index (χ0) is 20.2. The summed E-state index contributed by atoms with van der Waals surface area (Å²) in [6, 6.07) is 15.0. The molecule has 1 amide bonds. The van der Waals surface area contributed by atoms with Crippen molar-refractivity contribution < 1.29 is 18.0 Å². The summed E-state index contributed by atoms with van der Waals surface area (Å²) in [5.74, 6) is -0.447. The minimum atomic E-state index is -3.83. The molecular formula is C20H24N2O4S. The van der Waals surface area contributed by atoms with Crippen molar-refractivity contribution in [1.82, 2.24) is 9.21 Å². The molecule has 0 aromatic heterocycles. The van der Waals surface area contributed by atoms with Crippen LogP contribution in [0, 0.1) is 0 Å². The van der Waals surface area contributed by atoms with Crippen LogP contribution in [0.3, 0.4) is 0 Å². The van der Waals surface area contributed by atoms with Gasteiger partial charge in [0.15, 0.2) is 5.78 Å². The van der Waals surface area contributed by atoms with E-state index in [2.05, 4.69) is 0 Å². The standard InChI is InChI=1S/C20H24N2O4S/c1-15(17-8-6-5-7-9-17)22(4)20(24)14-21(3)27(25,26)19-12-10-18(11-13-19)16(2)23/h5-13,15H,14H2,1-4H3/t15-/m0/s1. The summed E-state index contributed by atoms with van der Waals surface area (Å²) in [5.41, 5.74) is 1.41. The van der Waals surface area contributed by atoms with Crippen molar-refractivity contribution in [3.05, 3.63) is 65.7 Å². The molecule has 0 spiro atoms. The van der Waals surface area contributed by atoms with Crippen molar-refractivity contribution in [2.45, 2.75) is 24.8 Å². The minimum absolute atomic E-state index is 0.0431. The van der Waals surface area contributed by atoms with Crippen LogP contribution in [0.2, 0.25) is 0 Å². The fourth-order valence-corrected chi connectivity index (χ4v) is 3.72. The maximum Gasteiger partial charge on any atom is 0.243 e. The van der Waals surface area contributed by atoms with E-state index in [-0.39, 0.29) is 29.2 Å². The Hall–Kier alpha value is -2.51. The molecule has 0 aliphatic carbocycles. The molecule has 0 N–H and O–H groups in total. The second-order valence-electron chi connectivity index (χ2n) is 6.43. The van der Waals surface area contributed by atoms with Gasteiger partial charge in [-0.3, -0.25) is 9.59 Å². The Morgan fingerprint density at radius 2 is 1.52 bits per heavy atom. The summed E-state index contributed by atoms with van der Waals surface area (Å²) in [6.07, 6.45) is 0. The van der Waals surface area contributed by atoms with Crippen LogP contribution in [0.4, 0.5) is 0 Å². The third-order valence-electron chi connectivity index (χ3n) is 4.58. The Labute approximate surface area is 160 Å². The zero-order valence-corrected chi connectivity index (χ0v) is 16.7. The van der Waals surface area contributed by atoms with E-state index in [0.717, 1.165) is 9.87 Å². The summed E-state index contributed by atoms with van der Waals surface area (Å²) in [4.78, 5) is 25.5. The molecule has 7 heteroatoms. The topological polar surface area (TPSA) is 74.8 Å². The average Bonchev–Trinajstić information content (AvgIpc) is 2.67. The molecule has 27 heavy (non-hydrogen) atoms. The number of amides is 1. The summed E-state index contributed by atoms with van der Waals surface area (Å²) in [6.45, 7) is 3.03. The lowest BCUT2D eigenvalue weighted by molar-refractivity contribution is -0.131. The first kappa shape index (κ1) is 20.8. The molecule has 2 aromatic carbocycles. The molecule has 0 saturated carbocycles. The number of carbonyl (C=O) groups excluding carboxylic acids is 2. The fourth-order valence-electron chi connectivity index (χ4n) is 2.60. The number of benzene rings is 2. The summed E-state index contributed by atoms with van der Waals surface area (Å²) < 4.78 is 26.4. The van der Waals surface area contributed by atoms with Crippen molar-refractivity contribution in [2.24, 2.45) is 0 Å². The molecule has 0 aliphatic rings. The maximum absolute atomic E-state index is 12.7. The molecule has 0 aliphatic heterocycles. The SMILES string of the molecule is CC(=O)c1ccc(S(=O)(=O)N(C)CC(=O)N(C)[C@@H](C)c2ccccc2)cc1. The lowest BCUT2D eigenvalue weighted by atomic mass is 10.1. The Kier molecular flexibility index (Phi) is 6.51. The Balaban J connectivity index is 2.11. The predicted molar refractivity (Wildman–Crippen MR) is 104 cm³/mol. The molecule has 0 saturated heterocycles. The molecule has 0 unspecified atom stereocenters. The van der Waals surface area contributed by atoms with Gasteiger partial charge in [0.2, 0.25) is 15.9 Å². The van der Waals surface area contributed by atoms with E-state index in [0.29, 0.717) is 5.56 Å². The van der Waals surface area contributed by atoms with Gasteiger partial charge in [0.1, 0.15) is 0 Å². The third kappa shape index (κ3) is 4.81. The third-order valence-corrected chi connectivity index (χ3v) is 6.40. The number of hydrogen-bond donors (Lipinski definition) is 0. The normalized spacial score (nSPS) is 12.6. The van der Waals surface area contributed by atoms with Crippen LogP contribution in [0.1, 0.15) is 35.8 Å².